The van der Waals surface area contributed by atoms with Gasteiger partial charge >= 0.3 is 0 Å². The maximum absolute atomic E-state index is 12.3. The molecule has 1 fully saturated rings. The number of hydrogen-bond donors (Lipinski definition) is 1. The van der Waals surface area contributed by atoms with Crippen molar-refractivity contribution in [2.24, 2.45) is 5.41 Å². The lowest BCUT2D eigenvalue weighted by molar-refractivity contribution is -0.124. The molecular formula is C14H16N2OS. The van der Waals surface area contributed by atoms with E-state index < -0.39 is 0 Å². The summed E-state index contributed by atoms with van der Waals surface area (Å²) in [6.07, 6.45) is 4.29. The Morgan fingerprint density at radius 2 is 2.06 bits per heavy atom. The van der Waals surface area contributed by atoms with E-state index in [9.17, 15) is 4.79 Å². The van der Waals surface area contributed by atoms with Gasteiger partial charge in [0.05, 0.1) is 10.2 Å². The molecule has 1 amide bonds. The zero-order valence-corrected chi connectivity index (χ0v) is 11.2. The predicted molar refractivity (Wildman–Crippen MR) is 74.8 cm³/mol. The Balaban J connectivity index is 1.81. The summed E-state index contributed by atoms with van der Waals surface area (Å²) >= 11 is 1.54. The van der Waals surface area contributed by atoms with Gasteiger partial charge in [-0.15, -0.1) is 0 Å². The predicted octanol–water partition coefficient (Wildman–Crippen LogP) is 3.82. The summed E-state index contributed by atoms with van der Waals surface area (Å²) < 4.78 is 1.12. The number of benzene rings is 1. The Labute approximate surface area is 110 Å². The van der Waals surface area contributed by atoms with Gasteiger partial charge in [0.2, 0.25) is 5.91 Å². The molecule has 1 aromatic heterocycles. The number of anilines is 1. The van der Waals surface area contributed by atoms with Crippen molar-refractivity contribution in [1.82, 2.24) is 4.98 Å². The highest BCUT2D eigenvalue weighted by atomic mass is 32.1. The summed E-state index contributed by atoms with van der Waals surface area (Å²) in [7, 11) is 0. The minimum absolute atomic E-state index is 0.124. The van der Waals surface area contributed by atoms with Crippen molar-refractivity contribution in [3.05, 3.63) is 24.3 Å². The van der Waals surface area contributed by atoms with Crippen LogP contribution in [0.4, 0.5) is 5.13 Å². The molecule has 0 atom stereocenters. The summed E-state index contributed by atoms with van der Waals surface area (Å²) in [5.41, 5.74) is 0.757. The van der Waals surface area contributed by atoms with Crippen LogP contribution >= 0.6 is 11.3 Å². The zero-order chi connectivity index (χ0) is 12.6. The molecule has 0 bridgehead atoms. The number of aromatic nitrogens is 1. The number of para-hydroxylation sites is 1. The fourth-order valence-corrected chi connectivity index (χ4v) is 3.42. The number of rotatable bonds is 2. The van der Waals surface area contributed by atoms with E-state index in [4.69, 9.17) is 0 Å². The minimum atomic E-state index is -0.197. The molecule has 0 unspecified atom stereocenters. The Bertz CT molecular complexity index is 551. The second kappa shape index (κ2) is 4.35. The number of hydrogen-bond acceptors (Lipinski definition) is 3. The lowest BCUT2D eigenvalue weighted by Crippen LogP contribution is -2.30. The molecule has 1 N–H and O–H groups in total. The van der Waals surface area contributed by atoms with Crippen LogP contribution in [0, 0.1) is 5.41 Å². The molecule has 4 heteroatoms. The van der Waals surface area contributed by atoms with Crippen molar-refractivity contribution in [3.63, 3.8) is 0 Å². The van der Waals surface area contributed by atoms with Crippen LogP contribution in [0.2, 0.25) is 0 Å². The van der Waals surface area contributed by atoms with Crippen molar-refractivity contribution >= 4 is 32.6 Å². The number of amides is 1. The van der Waals surface area contributed by atoms with Crippen molar-refractivity contribution < 1.29 is 4.79 Å². The first-order chi connectivity index (χ1) is 8.67. The largest absolute Gasteiger partial charge is 0.301 e. The van der Waals surface area contributed by atoms with Gasteiger partial charge in [-0.25, -0.2) is 4.98 Å². The van der Waals surface area contributed by atoms with Gasteiger partial charge in [-0.3, -0.25) is 4.79 Å². The molecule has 3 rings (SSSR count). The fourth-order valence-electron chi connectivity index (χ4n) is 2.56. The van der Waals surface area contributed by atoms with Gasteiger partial charge in [-0.2, -0.15) is 0 Å². The number of nitrogens with one attached hydrogen (secondary N) is 1. The van der Waals surface area contributed by atoms with E-state index in [0.29, 0.717) is 5.13 Å². The van der Waals surface area contributed by atoms with Gasteiger partial charge in [0, 0.05) is 5.41 Å². The molecule has 0 radical (unpaired) electrons. The van der Waals surface area contributed by atoms with Gasteiger partial charge in [0.15, 0.2) is 5.13 Å². The average Bonchev–Trinajstić information content (AvgIpc) is 2.95. The first-order valence-corrected chi connectivity index (χ1v) is 7.16. The number of carbonyl (C=O) groups excluding carboxylic acids is 1. The van der Waals surface area contributed by atoms with Gasteiger partial charge in [0.1, 0.15) is 0 Å². The van der Waals surface area contributed by atoms with Crippen molar-refractivity contribution in [2.75, 3.05) is 5.32 Å². The van der Waals surface area contributed by atoms with E-state index in [0.717, 1.165) is 35.9 Å². The van der Waals surface area contributed by atoms with Crippen LogP contribution in [0.25, 0.3) is 10.2 Å². The smallest absolute Gasteiger partial charge is 0.232 e. The highest BCUT2D eigenvalue weighted by Gasteiger charge is 2.36. The van der Waals surface area contributed by atoms with Crippen LogP contribution in [0.15, 0.2) is 24.3 Å². The van der Waals surface area contributed by atoms with Crippen LogP contribution in [-0.4, -0.2) is 10.9 Å². The topological polar surface area (TPSA) is 42.0 Å². The van der Waals surface area contributed by atoms with Crippen LogP contribution in [-0.2, 0) is 4.79 Å². The zero-order valence-electron chi connectivity index (χ0n) is 10.4. The second-order valence-corrected chi connectivity index (χ2v) is 6.24. The standard InChI is InChI=1S/C14H16N2OS/c1-14(8-4-5-9-14)12(17)16-13-15-10-6-2-3-7-11(10)18-13/h2-3,6-7H,4-5,8-9H2,1H3,(H,15,16,17). The van der Waals surface area contributed by atoms with Crippen molar-refractivity contribution in [1.29, 1.82) is 0 Å². The molecule has 1 heterocycles. The lowest BCUT2D eigenvalue weighted by atomic mass is 9.88. The Kier molecular flexibility index (Phi) is 2.82. The first kappa shape index (κ1) is 11.7. The first-order valence-electron chi connectivity index (χ1n) is 6.34. The van der Waals surface area contributed by atoms with Crippen LogP contribution in [0.5, 0.6) is 0 Å². The molecule has 94 valence electrons. The SMILES string of the molecule is CC1(C(=O)Nc2nc3ccccc3s2)CCCC1. The van der Waals surface area contributed by atoms with E-state index in [-0.39, 0.29) is 11.3 Å². The minimum Gasteiger partial charge on any atom is -0.301 e. The Hall–Kier alpha value is -1.42. The molecule has 1 aliphatic carbocycles. The third kappa shape index (κ3) is 2.01. The van der Waals surface area contributed by atoms with E-state index >= 15 is 0 Å². The summed E-state index contributed by atoms with van der Waals surface area (Å²) in [4.78, 5) is 16.7. The number of carbonyl (C=O) groups is 1. The third-order valence-corrected chi connectivity index (χ3v) is 4.72. The Morgan fingerprint density at radius 1 is 1.33 bits per heavy atom. The van der Waals surface area contributed by atoms with Gasteiger partial charge in [-0.1, -0.05) is 43.2 Å². The molecule has 0 aliphatic heterocycles. The number of thiazole rings is 1. The van der Waals surface area contributed by atoms with Gasteiger partial charge in [0.25, 0.3) is 0 Å². The van der Waals surface area contributed by atoms with Crippen molar-refractivity contribution in [2.45, 2.75) is 32.6 Å². The molecule has 1 aromatic carbocycles. The molecule has 18 heavy (non-hydrogen) atoms. The summed E-state index contributed by atoms with van der Waals surface area (Å²) in [6, 6.07) is 7.95. The van der Waals surface area contributed by atoms with E-state index in [1.807, 2.05) is 24.3 Å². The molecule has 0 saturated heterocycles. The highest BCUT2D eigenvalue weighted by molar-refractivity contribution is 7.22. The lowest BCUT2D eigenvalue weighted by Gasteiger charge is -2.21. The molecule has 1 aliphatic rings. The summed E-state index contributed by atoms with van der Waals surface area (Å²) in [5, 5.41) is 3.70. The number of fused-ring (bicyclic) bond motifs is 1. The highest BCUT2D eigenvalue weighted by Crippen LogP contribution is 2.39. The van der Waals surface area contributed by atoms with Crippen LogP contribution in [0.3, 0.4) is 0 Å². The molecule has 2 aromatic rings. The maximum Gasteiger partial charge on any atom is 0.232 e. The van der Waals surface area contributed by atoms with E-state index in [2.05, 4.69) is 17.2 Å². The summed E-state index contributed by atoms with van der Waals surface area (Å²) in [5.74, 6) is 0.124. The van der Waals surface area contributed by atoms with Crippen LogP contribution in [0.1, 0.15) is 32.6 Å². The van der Waals surface area contributed by atoms with Crippen LogP contribution < -0.4 is 5.32 Å². The Morgan fingerprint density at radius 3 is 2.78 bits per heavy atom. The van der Waals surface area contributed by atoms with Crippen molar-refractivity contribution in [3.8, 4) is 0 Å². The average molecular weight is 260 g/mol. The van der Waals surface area contributed by atoms with E-state index in [1.165, 1.54) is 0 Å². The second-order valence-electron chi connectivity index (χ2n) is 5.21. The maximum atomic E-state index is 12.3. The van der Waals surface area contributed by atoms with Gasteiger partial charge < -0.3 is 5.32 Å². The van der Waals surface area contributed by atoms with Gasteiger partial charge in [-0.05, 0) is 25.0 Å². The monoisotopic (exact) mass is 260 g/mol. The molecule has 3 nitrogen and oxygen atoms in total. The molecular weight excluding hydrogens is 244 g/mol. The molecule has 0 spiro atoms. The third-order valence-electron chi connectivity index (χ3n) is 3.77. The van der Waals surface area contributed by atoms with E-state index in [1.54, 1.807) is 11.3 Å². The summed E-state index contributed by atoms with van der Waals surface area (Å²) in [6.45, 7) is 2.06. The fraction of sp³-hybridized carbons (Fsp3) is 0.429. The number of nitrogens with zero attached hydrogens (tertiary/aromatic N) is 1. The quantitative estimate of drug-likeness (QED) is 0.892. The molecule has 1 saturated carbocycles. The normalized spacial score (nSPS) is 18.1.